The molecule has 1 amide bonds. The Morgan fingerprint density at radius 2 is 1.86 bits per heavy atom. The summed E-state index contributed by atoms with van der Waals surface area (Å²) < 4.78 is 16.9. The molecule has 1 N–H and O–H groups in total. The molecule has 0 aliphatic carbocycles. The van der Waals surface area contributed by atoms with Crippen LogP contribution >= 0.6 is 27.3 Å². The van der Waals surface area contributed by atoms with Crippen LogP contribution in [-0.4, -0.2) is 37.1 Å². The first kappa shape index (κ1) is 27.9. The number of esters is 1. The summed E-state index contributed by atoms with van der Waals surface area (Å²) in [6.07, 6.45) is 2.96. The fourth-order valence-corrected chi connectivity index (χ4v) is 5.22. The topological polar surface area (TPSA) is 117 Å². The molecule has 194 valence electrons. The number of nitro groups is 1. The van der Waals surface area contributed by atoms with Crippen molar-refractivity contribution in [1.29, 1.82) is 0 Å². The third-order valence-corrected chi connectivity index (χ3v) is 6.74. The smallest absolute Gasteiger partial charge is 0.341 e. The maximum atomic E-state index is 12.9. The molecule has 0 fully saturated rings. The van der Waals surface area contributed by atoms with Crippen molar-refractivity contribution < 1.29 is 28.7 Å². The highest BCUT2D eigenvalue weighted by molar-refractivity contribution is 9.10. The Hall–Kier alpha value is -3.70. The number of hydrogen-bond acceptors (Lipinski definition) is 8. The average Bonchev–Trinajstić information content (AvgIpc) is 3.19. The van der Waals surface area contributed by atoms with Gasteiger partial charge in [-0.1, -0.05) is 0 Å². The first-order chi connectivity index (χ1) is 17.7. The second-order valence-electron chi connectivity index (χ2n) is 7.55. The number of carbonyl (C=O) groups is 2. The fraction of sp³-hybridized carbons (Fsp3) is 0.231. The van der Waals surface area contributed by atoms with Crippen molar-refractivity contribution in [3.05, 3.63) is 73.1 Å². The van der Waals surface area contributed by atoms with E-state index in [2.05, 4.69) is 21.2 Å². The van der Waals surface area contributed by atoms with Crippen LogP contribution in [0.3, 0.4) is 0 Å². The number of amides is 1. The van der Waals surface area contributed by atoms with Gasteiger partial charge in [-0.05, 0) is 78.2 Å². The van der Waals surface area contributed by atoms with Gasteiger partial charge in [0.05, 0.1) is 29.7 Å². The Morgan fingerprint density at radius 3 is 2.46 bits per heavy atom. The van der Waals surface area contributed by atoms with E-state index < -0.39 is 16.8 Å². The molecule has 0 radical (unpaired) electrons. The van der Waals surface area contributed by atoms with Gasteiger partial charge >= 0.3 is 5.97 Å². The number of aryl methyl sites for hydroxylation is 1. The Kier molecular flexibility index (Phi) is 9.42. The molecule has 0 aliphatic rings. The Balaban J connectivity index is 1.92. The average molecular weight is 589 g/mol. The first-order valence-electron chi connectivity index (χ1n) is 11.2. The molecule has 9 nitrogen and oxygen atoms in total. The molecule has 0 aliphatic heterocycles. The molecule has 0 bridgehead atoms. The van der Waals surface area contributed by atoms with Crippen molar-refractivity contribution in [2.45, 2.75) is 20.8 Å². The molecule has 0 saturated carbocycles. The molecule has 0 spiro atoms. The number of carbonyl (C=O) groups excluding carboxylic acids is 2. The molecule has 0 unspecified atom stereocenters. The summed E-state index contributed by atoms with van der Waals surface area (Å²) in [6.45, 7) is 5.98. The van der Waals surface area contributed by atoms with Gasteiger partial charge in [-0.2, -0.15) is 0 Å². The van der Waals surface area contributed by atoms with Gasteiger partial charge in [-0.3, -0.25) is 14.9 Å². The van der Waals surface area contributed by atoms with Crippen LogP contribution < -0.4 is 14.8 Å². The number of benzene rings is 2. The lowest BCUT2D eigenvalue weighted by Crippen LogP contribution is -2.12. The number of anilines is 1. The molecule has 11 heteroatoms. The summed E-state index contributed by atoms with van der Waals surface area (Å²) in [7, 11) is 1.53. The van der Waals surface area contributed by atoms with Crippen LogP contribution in [0.5, 0.6) is 11.5 Å². The van der Waals surface area contributed by atoms with E-state index in [4.69, 9.17) is 14.2 Å². The lowest BCUT2D eigenvalue weighted by Gasteiger charge is -2.12. The molecule has 3 aromatic rings. The first-order valence-corrected chi connectivity index (χ1v) is 12.9. The van der Waals surface area contributed by atoms with Crippen molar-refractivity contribution in [2.75, 3.05) is 25.6 Å². The highest BCUT2D eigenvalue weighted by Crippen LogP contribution is 2.41. The molecule has 1 aromatic heterocycles. The largest absolute Gasteiger partial charge is 0.493 e. The standard InChI is InChI=1S/C26H25BrN2O7S/c1-5-35-24-19(27)13-16(14-20(24)34-4)7-12-21(30)28-25-23(26(31)36-6-2)22(15(3)37-25)17-8-10-18(11-9-17)29(32)33/h7-14H,5-6H2,1-4H3,(H,28,30)/b12-7+. The predicted octanol–water partition coefficient (Wildman–Crippen LogP) is 6.63. The van der Waals surface area contributed by atoms with E-state index in [1.165, 1.54) is 36.7 Å². The van der Waals surface area contributed by atoms with Gasteiger partial charge < -0.3 is 19.5 Å². The van der Waals surface area contributed by atoms with Gasteiger partial charge in [0.25, 0.3) is 5.69 Å². The Bertz CT molecular complexity index is 1350. The van der Waals surface area contributed by atoms with Crippen LogP contribution in [0.2, 0.25) is 0 Å². The van der Waals surface area contributed by atoms with Gasteiger partial charge in [0.2, 0.25) is 5.91 Å². The van der Waals surface area contributed by atoms with Crippen molar-refractivity contribution in [3.8, 4) is 22.6 Å². The number of nitrogens with zero attached hydrogens (tertiary/aromatic N) is 1. The van der Waals surface area contributed by atoms with E-state index in [0.29, 0.717) is 44.3 Å². The highest BCUT2D eigenvalue weighted by atomic mass is 79.9. The van der Waals surface area contributed by atoms with Crippen LogP contribution in [0.4, 0.5) is 10.7 Å². The molecule has 0 atom stereocenters. The van der Waals surface area contributed by atoms with E-state index in [9.17, 15) is 19.7 Å². The zero-order valence-corrected chi connectivity index (χ0v) is 23.0. The van der Waals surface area contributed by atoms with Crippen LogP contribution in [0, 0.1) is 17.0 Å². The van der Waals surface area contributed by atoms with Gasteiger partial charge in [0, 0.05) is 28.6 Å². The number of methoxy groups -OCH3 is 1. The third-order valence-electron chi connectivity index (χ3n) is 5.13. The minimum Gasteiger partial charge on any atom is -0.493 e. The zero-order valence-electron chi connectivity index (χ0n) is 20.6. The van der Waals surface area contributed by atoms with Gasteiger partial charge in [-0.15, -0.1) is 11.3 Å². The number of rotatable bonds is 10. The molecule has 37 heavy (non-hydrogen) atoms. The van der Waals surface area contributed by atoms with Crippen molar-refractivity contribution in [3.63, 3.8) is 0 Å². The van der Waals surface area contributed by atoms with Crippen molar-refractivity contribution in [2.24, 2.45) is 0 Å². The molecular weight excluding hydrogens is 564 g/mol. The summed E-state index contributed by atoms with van der Waals surface area (Å²) >= 11 is 4.68. The summed E-state index contributed by atoms with van der Waals surface area (Å²) in [5.74, 6) is 0.0340. The summed E-state index contributed by atoms with van der Waals surface area (Å²) in [5, 5.41) is 14.1. The number of thiophene rings is 1. The number of nitrogens with one attached hydrogen (secondary N) is 1. The number of nitro benzene ring substituents is 1. The Morgan fingerprint density at radius 1 is 1.16 bits per heavy atom. The maximum Gasteiger partial charge on any atom is 0.341 e. The molecule has 1 heterocycles. The normalized spacial score (nSPS) is 10.8. The van der Waals surface area contributed by atoms with Gasteiger partial charge in [0.1, 0.15) is 10.6 Å². The van der Waals surface area contributed by atoms with Gasteiger partial charge in [-0.25, -0.2) is 4.79 Å². The lowest BCUT2D eigenvalue weighted by atomic mass is 10.0. The molecule has 0 saturated heterocycles. The molecule has 3 rings (SSSR count). The second-order valence-corrected chi connectivity index (χ2v) is 9.63. The zero-order chi connectivity index (χ0) is 27.1. The molecular formula is C26H25BrN2O7S. The second kappa shape index (κ2) is 12.5. The van der Waals surface area contributed by atoms with Crippen LogP contribution in [-0.2, 0) is 9.53 Å². The highest BCUT2D eigenvalue weighted by Gasteiger charge is 2.25. The fourth-order valence-electron chi connectivity index (χ4n) is 3.57. The van der Waals surface area contributed by atoms with E-state index in [1.807, 2.05) is 6.92 Å². The molecule has 2 aromatic carbocycles. The van der Waals surface area contributed by atoms with Crippen molar-refractivity contribution in [1.82, 2.24) is 0 Å². The summed E-state index contributed by atoms with van der Waals surface area (Å²) in [4.78, 5) is 37.0. The monoisotopic (exact) mass is 588 g/mol. The van der Waals surface area contributed by atoms with E-state index in [1.54, 1.807) is 44.2 Å². The Labute approximate surface area is 226 Å². The number of hydrogen-bond donors (Lipinski definition) is 1. The van der Waals surface area contributed by atoms with Crippen LogP contribution in [0.1, 0.15) is 34.6 Å². The minimum atomic E-state index is -0.598. The minimum absolute atomic E-state index is 0.0643. The maximum absolute atomic E-state index is 12.9. The van der Waals surface area contributed by atoms with E-state index in [0.717, 1.165) is 4.88 Å². The van der Waals surface area contributed by atoms with Crippen LogP contribution in [0.15, 0.2) is 46.9 Å². The summed E-state index contributed by atoms with van der Waals surface area (Å²) in [6, 6.07) is 9.41. The quantitative estimate of drug-likeness (QED) is 0.122. The van der Waals surface area contributed by atoms with Crippen molar-refractivity contribution >= 4 is 55.9 Å². The number of halogens is 1. The van der Waals surface area contributed by atoms with E-state index in [-0.39, 0.29) is 17.9 Å². The number of ether oxygens (including phenoxy) is 3. The SMILES string of the molecule is CCOC(=O)c1c(NC(=O)/C=C/c2cc(Br)c(OCC)c(OC)c2)sc(C)c1-c1ccc([N+](=O)[O-])cc1. The van der Waals surface area contributed by atoms with E-state index >= 15 is 0 Å². The van der Waals surface area contributed by atoms with Gasteiger partial charge in [0.15, 0.2) is 11.5 Å². The number of non-ortho nitro benzene ring substituents is 1. The summed E-state index contributed by atoms with van der Waals surface area (Å²) in [5.41, 5.74) is 1.99. The predicted molar refractivity (Wildman–Crippen MR) is 147 cm³/mol. The third kappa shape index (κ3) is 6.55. The lowest BCUT2D eigenvalue weighted by molar-refractivity contribution is -0.384. The van der Waals surface area contributed by atoms with Crippen LogP contribution in [0.25, 0.3) is 17.2 Å².